The molecule has 0 aromatic heterocycles. The predicted molar refractivity (Wildman–Crippen MR) is 82.0 cm³/mol. The van der Waals surface area contributed by atoms with E-state index in [1.807, 2.05) is 0 Å². The van der Waals surface area contributed by atoms with E-state index in [-0.39, 0.29) is 0 Å². The second kappa shape index (κ2) is 6.43. The molecule has 2 nitrogen and oxygen atoms in total. The summed E-state index contributed by atoms with van der Waals surface area (Å²) in [4.78, 5) is 11.9. The molecule has 1 fully saturated rings. The van der Waals surface area contributed by atoms with Gasteiger partial charge in [-0.15, -0.1) is 0 Å². The first-order valence-corrected chi connectivity index (χ1v) is 7.83. The van der Waals surface area contributed by atoms with Gasteiger partial charge in [-0.2, -0.15) is 0 Å². The quantitative estimate of drug-likeness (QED) is 0.870. The van der Waals surface area contributed by atoms with Crippen LogP contribution >= 0.6 is 0 Å². The fourth-order valence-electron chi connectivity index (χ4n) is 3.40. The Bertz CT molecular complexity index is 468. The minimum atomic E-state index is -0.597. The molecule has 0 amide bonds. The molecule has 0 aliphatic heterocycles. The molecular formula is C18H26O2. The highest BCUT2D eigenvalue weighted by Gasteiger charge is 2.38. The van der Waals surface area contributed by atoms with Crippen molar-refractivity contribution in [1.29, 1.82) is 0 Å². The first kappa shape index (κ1) is 15.1. The number of hydrogen-bond acceptors (Lipinski definition) is 1. The number of carbonyl (C=O) groups is 1. The minimum Gasteiger partial charge on any atom is -0.481 e. The number of carboxylic acid groups (broad SMARTS) is 1. The Morgan fingerprint density at radius 1 is 1.10 bits per heavy atom. The molecule has 0 atom stereocenters. The van der Waals surface area contributed by atoms with Crippen LogP contribution in [0.4, 0.5) is 0 Å². The van der Waals surface area contributed by atoms with Crippen molar-refractivity contribution in [3.63, 3.8) is 0 Å². The van der Waals surface area contributed by atoms with Crippen LogP contribution in [-0.4, -0.2) is 11.1 Å². The zero-order valence-electron chi connectivity index (χ0n) is 12.7. The average Bonchev–Trinajstić information content (AvgIpc) is 2.36. The lowest BCUT2D eigenvalue weighted by Gasteiger charge is -2.32. The van der Waals surface area contributed by atoms with E-state index in [1.165, 1.54) is 36.0 Å². The minimum absolute atomic E-state index is 0.543. The molecule has 0 heterocycles. The molecule has 2 heteroatoms. The van der Waals surface area contributed by atoms with Gasteiger partial charge in [0.1, 0.15) is 0 Å². The van der Waals surface area contributed by atoms with E-state index >= 15 is 0 Å². The maximum absolute atomic E-state index is 11.9. The Morgan fingerprint density at radius 2 is 1.70 bits per heavy atom. The normalized spacial score (nSPS) is 19.1. The highest BCUT2D eigenvalue weighted by molar-refractivity contribution is 5.75. The van der Waals surface area contributed by atoms with Gasteiger partial charge in [0.15, 0.2) is 0 Å². The van der Waals surface area contributed by atoms with Crippen molar-refractivity contribution in [2.45, 2.75) is 65.2 Å². The summed E-state index contributed by atoms with van der Waals surface area (Å²) in [6, 6.07) is 6.38. The molecule has 0 spiro atoms. The van der Waals surface area contributed by atoms with Gasteiger partial charge in [0.2, 0.25) is 0 Å². The lowest BCUT2D eigenvalue weighted by Crippen LogP contribution is -2.34. The molecule has 1 N–H and O–H groups in total. The van der Waals surface area contributed by atoms with Crippen molar-refractivity contribution in [1.82, 2.24) is 0 Å². The number of aryl methyl sites for hydroxylation is 2. The van der Waals surface area contributed by atoms with Crippen molar-refractivity contribution in [2.75, 3.05) is 0 Å². The monoisotopic (exact) mass is 274 g/mol. The Hall–Kier alpha value is -1.31. The highest BCUT2D eigenvalue weighted by Crippen LogP contribution is 2.38. The van der Waals surface area contributed by atoms with Gasteiger partial charge in [0.05, 0.1) is 5.41 Å². The number of rotatable bonds is 3. The van der Waals surface area contributed by atoms with E-state index in [1.54, 1.807) is 0 Å². The Kier molecular flexibility index (Phi) is 4.85. The molecule has 1 aliphatic rings. The van der Waals surface area contributed by atoms with E-state index in [2.05, 4.69) is 32.0 Å². The van der Waals surface area contributed by atoms with Crippen LogP contribution in [-0.2, 0) is 11.2 Å². The van der Waals surface area contributed by atoms with Crippen LogP contribution < -0.4 is 0 Å². The molecule has 0 radical (unpaired) electrons. The van der Waals surface area contributed by atoms with Gasteiger partial charge in [-0.05, 0) is 44.2 Å². The number of benzene rings is 1. The average molecular weight is 274 g/mol. The van der Waals surface area contributed by atoms with Crippen molar-refractivity contribution in [2.24, 2.45) is 5.41 Å². The summed E-state index contributed by atoms with van der Waals surface area (Å²) in [6.07, 6.45) is 8.08. The summed E-state index contributed by atoms with van der Waals surface area (Å²) in [6.45, 7) is 4.17. The molecular weight excluding hydrogens is 248 g/mol. The predicted octanol–water partition coefficient (Wildman–Crippen LogP) is 4.66. The van der Waals surface area contributed by atoms with Gasteiger partial charge < -0.3 is 5.11 Å². The van der Waals surface area contributed by atoms with Gasteiger partial charge in [-0.3, -0.25) is 4.79 Å². The lowest BCUT2D eigenvalue weighted by molar-refractivity contribution is -0.150. The number of hydrogen-bond donors (Lipinski definition) is 1. The zero-order chi connectivity index (χ0) is 14.6. The molecule has 0 saturated heterocycles. The molecule has 110 valence electrons. The van der Waals surface area contributed by atoms with Crippen LogP contribution in [0, 0.1) is 19.3 Å². The largest absolute Gasteiger partial charge is 0.481 e. The molecule has 0 unspecified atom stereocenters. The second-order valence-corrected chi connectivity index (χ2v) is 6.46. The molecule has 0 bridgehead atoms. The van der Waals surface area contributed by atoms with E-state index in [0.717, 1.165) is 25.7 Å². The van der Waals surface area contributed by atoms with E-state index in [9.17, 15) is 9.90 Å². The fraction of sp³-hybridized carbons (Fsp3) is 0.611. The third kappa shape index (κ3) is 3.41. The van der Waals surface area contributed by atoms with Crippen molar-refractivity contribution in [3.05, 3.63) is 34.9 Å². The summed E-state index contributed by atoms with van der Waals surface area (Å²) in [5, 5.41) is 9.83. The van der Waals surface area contributed by atoms with Crippen LogP contribution in [0.1, 0.15) is 61.6 Å². The van der Waals surface area contributed by atoms with Gasteiger partial charge in [0.25, 0.3) is 0 Å². The third-order valence-electron chi connectivity index (χ3n) is 4.80. The highest BCUT2D eigenvalue weighted by atomic mass is 16.4. The molecule has 2 rings (SSSR count). The van der Waals surface area contributed by atoms with Crippen molar-refractivity contribution >= 4 is 5.97 Å². The second-order valence-electron chi connectivity index (χ2n) is 6.46. The summed E-state index contributed by atoms with van der Waals surface area (Å²) in [5.74, 6) is -0.597. The fourth-order valence-corrected chi connectivity index (χ4v) is 3.40. The maximum atomic E-state index is 11.9. The summed E-state index contributed by atoms with van der Waals surface area (Å²) in [5.41, 5.74) is 3.11. The Labute approximate surface area is 122 Å². The van der Waals surface area contributed by atoms with E-state index in [0.29, 0.717) is 6.42 Å². The van der Waals surface area contributed by atoms with Crippen LogP contribution in [0.15, 0.2) is 18.2 Å². The van der Waals surface area contributed by atoms with Gasteiger partial charge in [-0.25, -0.2) is 0 Å². The van der Waals surface area contributed by atoms with E-state index < -0.39 is 11.4 Å². The summed E-state index contributed by atoms with van der Waals surface area (Å²) in [7, 11) is 0. The lowest BCUT2D eigenvalue weighted by atomic mass is 9.71. The number of aliphatic carboxylic acids is 1. The molecule has 20 heavy (non-hydrogen) atoms. The van der Waals surface area contributed by atoms with Crippen LogP contribution in [0.25, 0.3) is 0 Å². The smallest absolute Gasteiger partial charge is 0.309 e. The van der Waals surface area contributed by atoms with Gasteiger partial charge >= 0.3 is 5.97 Å². The Morgan fingerprint density at radius 3 is 2.30 bits per heavy atom. The zero-order valence-corrected chi connectivity index (χ0v) is 12.7. The van der Waals surface area contributed by atoms with Crippen LogP contribution in [0.2, 0.25) is 0 Å². The van der Waals surface area contributed by atoms with Crippen molar-refractivity contribution in [3.8, 4) is 0 Å². The van der Waals surface area contributed by atoms with Crippen LogP contribution in [0.5, 0.6) is 0 Å². The maximum Gasteiger partial charge on any atom is 0.309 e. The number of carboxylic acids is 1. The molecule has 1 aliphatic carbocycles. The molecule has 1 aromatic carbocycles. The molecule has 1 aromatic rings. The third-order valence-corrected chi connectivity index (χ3v) is 4.80. The SMILES string of the molecule is Cc1ccc(C)c(CC2(C(=O)O)CCCCCCC2)c1. The van der Waals surface area contributed by atoms with Gasteiger partial charge in [0, 0.05) is 0 Å². The molecule has 1 saturated carbocycles. The first-order chi connectivity index (χ1) is 9.53. The first-order valence-electron chi connectivity index (χ1n) is 7.83. The van der Waals surface area contributed by atoms with Crippen LogP contribution in [0.3, 0.4) is 0 Å². The van der Waals surface area contributed by atoms with E-state index in [4.69, 9.17) is 0 Å². The summed E-state index contributed by atoms with van der Waals surface area (Å²) < 4.78 is 0. The van der Waals surface area contributed by atoms with Gasteiger partial charge in [-0.1, -0.05) is 55.9 Å². The standard InChI is InChI=1S/C18H26O2/c1-14-8-9-15(2)16(12-14)13-18(17(19)20)10-6-4-3-5-7-11-18/h8-9,12H,3-7,10-11,13H2,1-2H3,(H,19,20). The topological polar surface area (TPSA) is 37.3 Å². The summed E-state index contributed by atoms with van der Waals surface area (Å²) >= 11 is 0. The Balaban J connectivity index is 2.27. The van der Waals surface area contributed by atoms with Crippen molar-refractivity contribution < 1.29 is 9.90 Å².